The van der Waals surface area contributed by atoms with Gasteiger partial charge in [-0.25, -0.2) is 0 Å². The van der Waals surface area contributed by atoms with E-state index in [0.717, 1.165) is 5.56 Å². The molecule has 1 aliphatic carbocycles. The van der Waals surface area contributed by atoms with Crippen molar-refractivity contribution in [1.29, 1.82) is 0 Å². The van der Waals surface area contributed by atoms with Gasteiger partial charge in [0.15, 0.2) is 5.78 Å². The van der Waals surface area contributed by atoms with Crippen molar-refractivity contribution in [2.24, 2.45) is 0 Å². The third kappa shape index (κ3) is 4.26. The monoisotopic (exact) mass is 348 g/mol. The molecule has 1 saturated carbocycles. The molecule has 138 valence electrons. The average Bonchev–Trinajstić information content (AvgIpc) is 2.69. The molecule has 1 heteroatoms. The Kier molecular flexibility index (Phi) is 6.29. The highest BCUT2D eigenvalue weighted by atomic mass is 16.1. The fourth-order valence-electron chi connectivity index (χ4n) is 4.54. The predicted octanol–water partition coefficient (Wildman–Crippen LogP) is 7.34. The van der Waals surface area contributed by atoms with Crippen LogP contribution in [0.15, 0.2) is 48.5 Å². The van der Waals surface area contributed by atoms with E-state index in [1.54, 1.807) is 6.92 Å². The van der Waals surface area contributed by atoms with Gasteiger partial charge in [-0.2, -0.15) is 0 Å². The summed E-state index contributed by atoms with van der Waals surface area (Å²) in [6.07, 6.45) is 12.2. The molecular formula is C25H32O. The van der Waals surface area contributed by atoms with Gasteiger partial charge in [-0.3, -0.25) is 4.79 Å². The van der Waals surface area contributed by atoms with Crippen LogP contribution < -0.4 is 0 Å². The summed E-state index contributed by atoms with van der Waals surface area (Å²) < 4.78 is 0. The molecule has 0 N–H and O–H groups in total. The lowest BCUT2D eigenvalue weighted by atomic mass is 9.66. The smallest absolute Gasteiger partial charge is 0.159 e. The molecule has 1 nitrogen and oxygen atoms in total. The van der Waals surface area contributed by atoms with E-state index in [-0.39, 0.29) is 5.78 Å². The minimum Gasteiger partial charge on any atom is -0.295 e. The van der Waals surface area contributed by atoms with Crippen molar-refractivity contribution in [3.8, 4) is 11.1 Å². The Morgan fingerprint density at radius 3 is 1.96 bits per heavy atom. The van der Waals surface area contributed by atoms with Gasteiger partial charge in [0.1, 0.15) is 0 Å². The summed E-state index contributed by atoms with van der Waals surface area (Å²) in [6.45, 7) is 3.91. The molecule has 0 amide bonds. The highest BCUT2D eigenvalue weighted by Gasteiger charge is 2.33. The first kappa shape index (κ1) is 18.9. The van der Waals surface area contributed by atoms with Gasteiger partial charge in [0, 0.05) is 5.56 Å². The molecule has 0 unspecified atom stereocenters. The number of rotatable bonds is 7. The largest absolute Gasteiger partial charge is 0.295 e. The first-order chi connectivity index (χ1) is 12.6. The maximum atomic E-state index is 11.5. The lowest BCUT2D eigenvalue weighted by Gasteiger charge is -2.38. The number of Topliss-reactive ketones (excluding diaryl/α,β-unsaturated/α-hetero) is 1. The molecule has 1 fully saturated rings. The molecule has 2 aromatic carbocycles. The highest BCUT2D eigenvalue weighted by Crippen LogP contribution is 2.43. The molecular weight excluding hydrogens is 316 g/mol. The fourth-order valence-corrected chi connectivity index (χ4v) is 4.54. The number of ketones is 1. The van der Waals surface area contributed by atoms with Crippen molar-refractivity contribution in [3.05, 3.63) is 59.7 Å². The van der Waals surface area contributed by atoms with Gasteiger partial charge in [-0.1, -0.05) is 94.0 Å². The molecule has 0 bridgehead atoms. The molecule has 1 aliphatic rings. The van der Waals surface area contributed by atoms with Gasteiger partial charge < -0.3 is 0 Å². The Morgan fingerprint density at radius 2 is 1.42 bits per heavy atom. The number of benzene rings is 2. The van der Waals surface area contributed by atoms with Crippen LogP contribution in [0.2, 0.25) is 0 Å². The SMILES string of the molecule is CCCCCC1(c2ccc(-c3ccc(C(C)=O)cc3)cc2)CCCCC1. The second-order valence-electron chi connectivity index (χ2n) is 8.01. The van der Waals surface area contributed by atoms with Crippen LogP contribution in [0.5, 0.6) is 0 Å². The molecule has 0 atom stereocenters. The summed E-state index contributed by atoms with van der Waals surface area (Å²) in [5.41, 5.74) is 5.15. The van der Waals surface area contributed by atoms with Gasteiger partial charge in [-0.05, 0) is 48.3 Å². The van der Waals surface area contributed by atoms with E-state index >= 15 is 0 Å². The van der Waals surface area contributed by atoms with Crippen LogP contribution in [0, 0.1) is 0 Å². The predicted molar refractivity (Wildman–Crippen MR) is 111 cm³/mol. The van der Waals surface area contributed by atoms with Gasteiger partial charge in [0.05, 0.1) is 0 Å². The van der Waals surface area contributed by atoms with Gasteiger partial charge in [0.2, 0.25) is 0 Å². The van der Waals surface area contributed by atoms with Crippen molar-refractivity contribution in [3.63, 3.8) is 0 Å². The zero-order valence-electron chi connectivity index (χ0n) is 16.4. The van der Waals surface area contributed by atoms with Crippen LogP contribution in [-0.4, -0.2) is 5.78 Å². The lowest BCUT2D eigenvalue weighted by Crippen LogP contribution is -2.29. The van der Waals surface area contributed by atoms with E-state index in [1.807, 2.05) is 12.1 Å². The Bertz CT molecular complexity index is 703. The minimum absolute atomic E-state index is 0.123. The number of unbranched alkanes of at least 4 members (excludes halogenated alkanes) is 2. The normalized spacial score (nSPS) is 16.4. The molecule has 0 saturated heterocycles. The first-order valence-electron chi connectivity index (χ1n) is 10.4. The van der Waals surface area contributed by atoms with Crippen molar-refractivity contribution in [2.45, 2.75) is 77.0 Å². The van der Waals surface area contributed by atoms with E-state index < -0.39 is 0 Å². The summed E-state index contributed by atoms with van der Waals surface area (Å²) in [5.74, 6) is 0.123. The summed E-state index contributed by atoms with van der Waals surface area (Å²) in [5, 5.41) is 0. The Hall–Kier alpha value is -1.89. The zero-order valence-corrected chi connectivity index (χ0v) is 16.4. The van der Waals surface area contributed by atoms with Crippen molar-refractivity contribution < 1.29 is 4.79 Å². The van der Waals surface area contributed by atoms with Gasteiger partial charge in [0.25, 0.3) is 0 Å². The summed E-state index contributed by atoms with van der Waals surface area (Å²) >= 11 is 0. The first-order valence-corrected chi connectivity index (χ1v) is 10.4. The maximum absolute atomic E-state index is 11.5. The molecule has 2 aromatic rings. The zero-order chi connectivity index (χ0) is 18.4. The third-order valence-electron chi connectivity index (χ3n) is 6.19. The fraction of sp³-hybridized carbons (Fsp3) is 0.480. The molecule has 0 aromatic heterocycles. The maximum Gasteiger partial charge on any atom is 0.159 e. The van der Waals surface area contributed by atoms with Crippen molar-refractivity contribution >= 4 is 5.78 Å². The van der Waals surface area contributed by atoms with E-state index in [4.69, 9.17) is 0 Å². The average molecular weight is 349 g/mol. The molecule has 3 rings (SSSR count). The van der Waals surface area contributed by atoms with Gasteiger partial charge in [-0.15, -0.1) is 0 Å². The van der Waals surface area contributed by atoms with Gasteiger partial charge >= 0.3 is 0 Å². The Morgan fingerprint density at radius 1 is 0.846 bits per heavy atom. The van der Waals surface area contributed by atoms with Crippen LogP contribution >= 0.6 is 0 Å². The second kappa shape index (κ2) is 8.66. The molecule has 0 heterocycles. The van der Waals surface area contributed by atoms with E-state index in [9.17, 15) is 4.79 Å². The molecule has 0 radical (unpaired) electrons. The van der Waals surface area contributed by atoms with Crippen LogP contribution in [0.4, 0.5) is 0 Å². The van der Waals surface area contributed by atoms with Crippen molar-refractivity contribution in [1.82, 2.24) is 0 Å². The number of hydrogen-bond acceptors (Lipinski definition) is 1. The van der Waals surface area contributed by atoms with Crippen LogP contribution in [0.3, 0.4) is 0 Å². The molecule has 0 spiro atoms. The summed E-state index contributed by atoms with van der Waals surface area (Å²) in [6, 6.07) is 17.3. The Labute approximate surface area is 158 Å². The number of carbonyl (C=O) groups excluding carboxylic acids is 1. The highest BCUT2D eigenvalue weighted by molar-refractivity contribution is 5.94. The Balaban J connectivity index is 1.80. The lowest BCUT2D eigenvalue weighted by molar-refractivity contribution is 0.101. The topological polar surface area (TPSA) is 17.1 Å². The number of carbonyl (C=O) groups is 1. The standard InChI is InChI=1S/C25H32O/c1-3-4-6-17-25(18-7-5-8-19-25)24-15-13-23(14-16-24)22-11-9-21(10-12-22)20(2)26/h9-16H,3-8,17-19H2,1-2H3. The van der Waals surface area contributed by atoms with Crippen LogP contribution in [0.1, 0.15) is 87.6 Å². The van der Waals surface area contributed by atoms with Crippen molar-refractivity contribution in [2.75, 3.05) is 0 Å². The summed E-state index contributed by atoms with van der Waals surface area (Å²) in [4.78, 5) is 11.5. The number of hydrogen-bond donors (Lipinski definition) is 0. The van der Waals surface area contributed by atoms with Crippen LogP contribution in [0.25, 0.3) is 11.1 Å². The minimum atomic E-state index is 0.123. The van der Waals surface area contributed by atoms with E-state index in [1.165, 1.54) is 74.5 Å². The molecule has 0 aliphatic heterocycles. The quantitative estimate of drug-likeness (QED) is 0.378. The van der Waals surface area contributed by atoms with Crippen LogP contribution in [-0.2, 0) is 5.41 Å². The summed E-state index contributed by atoms with van der Waals surface area (Å²) in [7, 11) is 0. The van der Waals surface area contributed by atoms with E-state index in [2.05, 4.69) is 43.3 Å². The second-order valence-corrected chi connectivity index (χ2v) is 8.01. The third-order valence-corrected chi connectivity index (χ3v) is 6.19. The van der Waals surface area contributed by atoms with E-state index in [0.29, 0.717) is 5.41 Å². The molecule has 26 heavy (non-hydrogen) atoms.